The van der Waals surface area contributed by atoms with Gasteiger partial charge in [-0.25, -0.2) is 0 Å². The Morgan fingerprint density at radius 1 is 1.38 bits per heavy atom. The van der Waals surface area contributed by atoms with Crippen LogP contribution in [0, 0.1) is 6.92 Å². The standard InChI is InChI=1S/C15H22ClN3OS/c1-12-14(11-16)17-4-3-15(12)21-10-9-18-5-7-19(8-6-18)13(2)20/h3-4H,5-11H2,1-2H3. The van der Waals surface area contributed by atoms with E-state index in [9.17, 15) is 4.79 Å². The minimum Gasteiger partial charge on any atom is -0.340 e. The summed E-state index contributed by atoms with van der Waals surface area (Å²) in [5.41, 5.74) is 2.16. The van der Waals surface area contributed by atoms with Gasteiger partial charge in [-0.15, -0.1) is 23.4 Å². The van der Waals surface area contributed by atoms with Gasteiger partial charge < -0.3 is 4.90 Å². The van der Waals surface area contributed by atoms with E-state index < -0.39 is 0 Å². The van der Waals surface area contributed by atoms with Crippen LogP contribution in [0.4, 0.5) is 0 Å². The Kier molecular flexibility index (Phi) is 6.33. The molecule has 0 spiro atoms. The van der Waals surface area contributed by atoms with E-state index in [1.807, 2.05) is 22.9 Å². The summed E-state index contributed by atoms with van der Waals surface area (Å²) in [6.07, 6.45) is 1.83. The van der Waals surface area contributed by atoms with Gasteiger partial charge in [0, 0.05) is 56.5 Å². The number of piperazine rings is 1. The Balaban J connectivity index is 1.77. The first-order valence-electron chi connectivity index (χ1n) is 7.23. The molecule has 2 heterocycles. The molecule has 21 heavy (non-hydrogen) atoms. The van der Waals surface area contributed by atoms with E-state index >= 15 is 0 Å². The Morgan fingerprint density at radius 3 is 2.71 bits per heavy atom. The maximum absolute atomic E-state index is 11.3. The predicted octanol–water partition coefficient (Wildman–Crippen LogP) is 2.39. The molecule has 1 amide bonds. The van der Waals surface area contributed by atoms with Gasteiger partial charge in [0.15, 0.2) is 0 Å². The van der Waals surface area contributed by atoms with Crippen LogP contribution in [0.25, 0.3) is 0 Å². The van der Waals surface area contributed by atoms with Gasteiger partial charge in [-0.05, 0) is 18.6 Å². The van der Waals surface area contributed by atoms with E-state index in [0.29, 0.717) is 5.88 Å². The van der Waals surface area contributed by atoms with Gasteiger partial charge in [0.05, 0.1) is 11.6 Å². The summed E-state index contributed by atoms with van der Waals surface area (Å²) in [6, 6.07) is 2.06. The summed E-state index contributed by atoms with van der Waals surface area (Å²) in [6.45, 7) is 8.43. The molecule has 0 aliphatic carbocycles. The zero-order chi connectivity index (χ0) is 15.2. The van der Waals surface area contributed by atoms with Gasteiger partial charge in [-0.2, -0.15) is 0 Å². The quantitative estimate of drug-likeness (QED) is 0.614. The zero-order valence-electron chi connectivity index (χ0n) is 12.6. The van der Waals surface area contributed by atoms with Crippen LogP contribution in [0.2, 0.25) is 0 Å². The molecule has 4 nitrogen and oxygen atoms in total. The van der Waals surface area contributed by atoms with Gasteiger partial charge in [0.25, 0.3) is 0 Å². The lowest BCUT2D eigenvalue weighted by molar-refractivity contribution is -0.130. The predicted molar refractivity (Wildman–Crippen MR) is 87.9 cm³/mol. The molecule has 0 saturated carbocycles. The molecule has 1 aromatic rings. The number of hydrogen-bond acceptors (Lipinski definition) is 4. The summed E-state index contributed by atoms with van der Waals surface area (Å²) in [5, 5.41) is 0. The molecule has 2 rings (SSSR count). The molecule has 0 unspecified atom stereocenters. The lowest BCUT2D eigenvalue weighted by atomic mass is 10.2. The summed E-state index contributed by atoms with van der Waals surface area (Å²) < 4.78 is 0. The number of rotatable bonds is 5. The van der Waals surface area contributed by atoms with E-state index in [1.54, 1.807) is 6.92 Å². The van der Waals surface area contributed by atoms with Crippen LogP contribution in [0.1, 0.15) is 18.2 Å². The summed E-state index contributed by atoms with van der Waals surface area (Å²) in [5.74, 6) is 1.70. The van der Waals surface area contributed by atoms with Crippen molar-refractivity contribution < 1.29 is 4.79 Å². The van der Waals surface area contributed by atoms with Crippen molar-refractivity contribution >= 4 is 29.3 Å². The molecule has 0 atom stereocenters. The van der Waals surface area contributed by atoms with Gasteiger partial charge in [0.1, 0.15) is 0 Å². The fourth-order valence-corrected chi connectivity index (χ4v) is 3.75. The van der Waals surface area contributed by atoms with Crippen LogP contribution in [-0.2, 0) is 10.7 Å². The van der Waals surface area contributed by atoms with E-state index in [4.69, 9.17) is 11.6 Å². The van der Waals surface area contributed by atoms with Crippen LogP contribution in [0.5, 0.6) is 0 Å². The van der Waals surface area contributed by atoms with E-state index in [0.717, 1.165) is 44.2 Å². The maximum atomic E-state index is 11.3. The third kappa shape index (κ3) is 4.59. The Hall–Kier alpha value is -0.780. The van der Waals surface area contributed by atoms with Crippen LogP contribution >= 0.6 is 23.4 Å². The van der Waals surface area contributed by atoms with Crippen LogP contribution in [0.3, 0.4) is 0 Å². The molecule has 0 radical (unpaired) electrons. The number of pyridine rings is 1. The highest BCUT2D eigenvalue weighted by molar-refractivity contribution is 7.99. The van der Waals surface area contributed by atoms with Gasteiger partial charge in [-0.3, -0.25) is 14.7 Å². The molecule has 116 valence electrons. The minimum atomic E-state index is 0.185. The number of amides is 1. The van der Waals surface area contributed by atoms with Crippen molar-refractivity contribution in [2.45, 2.75) is 24.6 Å². The van der Waals surface area contributed by atoms with Crippen molar-refractivity contribution in [1.29, 1.82) is 0 Å². The van der Waals surface area contributed by atoms with Crippen molar-refractivity contribution in [2.75, 3.05) is 38.5 Å². The third-order valence-corrected chi connectivity index (χ3v) is 5.26. The second kappa shape index (κ2) is 8.01. The van der Waals surface area contributed by atoms with Crippen molar-refractivity contribution in [3.8, 4) is 0 Å². The Morgan fingerprint density at radius 2 is 2.10 bits per heavy atom. The number of carbonyl (C=O) groups is 1. The molecule has 0 bridgehead atoms. The highest BCUT2D eigenvalue weighted by atomic mass is 35.5. The lowest BCUT2D eigenvalue weighted by Crippen LogP contribution is -2.48. The third-order valence-electron chi connectivity index (χ3n) is 3.87. The normalized spacial score (nSPS) is 16.2. The number of thioether (sulfide) groups is 1. The molecular formula is C15H22ClN3OS. The molecule has 0 aromatic carbocycles. The Bertz CT molecular complexity index is 490. The molecule has 1 aromatic heterocycles. The van der Waals surface area contributed by atoms with Crippen molar-refractivity contribution in [2.24, 2.45) is 0 Å². The smallest absolute Gasteiger partial charge is 0.219 e. The van der Waals surface area contributed by atoms with Crippen LogP contribution < -0.4 is 0 Å². The minimum absolute atomic E-state index is 0.185. The van der Waals surface area contributed by atoms with Crippen molar-refractivity contribution in [1.82, 2.24) is 14.8 Å². The maximum Gasteiger partial charge on any atom is 0.219 e. The number of nitrogens with zero attached hydrogens (tertiary/aromatic N) is 3. The number of hydrogen-bond donors (Lipinski definition) is 0. The van der Waals surface area contributed by atoms with Gasteiger partial charge >= 0.3 is 0 Å². The van der Waals surface area contributed by atoms with Crippen molar-refractivity contribution in [3.05, 3.63) is 23.5 Å². The van der Waals surface area contributed by atoms with E-state index in [1.165, 1.54) is 10.5 Å². The molecule has 1 saturated heterocycles. The van der Waals surface area contributed by atoms with E-state index in [2.05, 4.69) is 22.9 Å². The topological polar surface area (TPSA) is 36.4 Å². The van der Waals surface area contributed by atoms with Gasteiger partial charge in [-0.1, -0.05) is 0 Å². The van der Waals surface area contributed by atoms with E-state index in [-0.39, 0.29) is 5.91 Å². The fourth-order valence-electron chi connectivity index (χ4n) is 2.42. The van der Waals surface area contributed by atoms with Crippen molar-refractivity contribution in [3.63, 3.8) is 0 Å². The second-order valence-corrected chi connectivity index (χ2v) is 6.61. The molecular weight excluding hydrogens is 306 g/mol. The molecule has 1 aliphatic heterocycles. The first kappa shape index (κ1) is 16.6. The summed E-state index contributed by atoms with van der Waals surface area (Å²) >= 11 is 7.74. The molecule has 6 heteroatoms. The first-order valence-corrected chi connectivity index (χ1v) is 8.75. The summed E-state index contributed by atoms with van der Waals surface area (Å²) in [7, 11) is 0. The van der Waals surface area contributed by atoms with Gasteiger partial charge in [0.2, 0.25) is 5.91 Å². The number of carbonyl (C=O) groups excluding carboxylic acids is 1. The second-order valence-electron chi connectivity index (χ2n) is 5.21. The Labute approximate surface area is 135 Å². The average molecular weight is 328 g/mol. The number of alkyl halides is 1. The highest BCUT2D eigenvalue weighted by Crippen LogP contribution is 2.24. The lowest BCUT2D eigenvalue weighted by Gasteiger charge is -2.34. The largest absolute Gasteiger partial charge is 0.340 e. The van der Waals surface area contributed by atoms with Crippen LogP contribution in [-0.4, -0.2) is 59.2 Å². The number of aromatic nitrogens is 1. The average Bonchev–Trinajstić information content (AvgIpc) is 2.49. The molecule has 0 N–H and O–H groups in total. The first-order chi connectivity index (χ1) is 10.1. The fraction of sp³-hybridized carbons (Fsp3) is 0.600. The SMILES string of the molecule is CC(=O)N1CCN(CCSc2ccnc(CCl)c2C)CC1. The zero-order valence-corrected chi connectivity index (χ0v) is 14.2. The number of halogens is 1. The van der Waals surface area contributed by atoms with Crippen LogP contribution in [0.15, 0.2) is 17.2 Å². The summed E-state index contributed by atoms with van der Waals surface area (Å²) in [4.78, 5) is 21.2. The molecule has 1 fully saturated rings. The molecule has 1 aliphatic rings. The highest BCUT2D eigenvalue weighted by Gasteiger charge is 2.18. The monoisotopic (exact) mass is 327 g/mol.